The summed E-state index contributed by atoms with van der Waals surface area (Å²) in [6, 6.07) is 65.4. The lowest BCUT2D eigenvalue weighted by molar-refractivity contribution is 0.401. The standard InChI is InChI=1S/C52H42N4/c1-3-11-37(12-4-1)39-23-29-45(30-24-39)55(46-31-25-40(26-32-46)38-13-5-2-6-14-38)51-33-27-43(35-53-51)41-19-21-42(22-20-41)44-28-34-52(54-36-44)56-49-17-9-7-15-47(49)48-16-8-10-18-50(48)56/h1-7,9,11-15,17,19-36,48,50H,8,10,16,18H2. The Hall–Kier alpha value is -6.78. The van der Waals surface area contributed by atoms with Crippen molar-refractivity contribution in [1.82, 2.24) is 9.97 Å². The Morgan fingerprint density at radius 3 is 1.43 bits per heavy atom. The van der Waals surface area contributed by atoms with Crippen molar-refractivity contribution in [3.8, 4) is 44.5 Å². The summed E-state index contributed by atoms with van der Waals surface area (Å²) in [7, 11) is 0. The number of fused-ring (bicyclic) bond motifs is 3. The van der Waals surface area contributed by atoms with E-state index >= 15 is 0 Å². The van der Waals surface area contributed by atoms with Crippen LogP contribution < -0.4 is 9.80 Å². The van der Waals surface area contributed by atoms with Gasteiger partial charge in [-0.3, -0.25) is 4.90 Å². The third-order valence-electron chi connectivity index (χ3n) is 11.6. The van der Waals surface area contributed by atoms with Crippen molar-refractivity contribution >= 4 is 28.7 Å². The Balaban J connectivity index is 0.904. The van der Waals surface area contributed by atoms with Crippen molar-refractivity contribution in [2.75, 3.05) is 9.80 Å². The number of anilines is 5. The van der Waals surface area contributed by atoms with Crippen LogP contribution in [-0.4, -0.2) is 16.0 Å². The molecule has 0 bridgehead atoms. The van der Waals surface area contributed by atoms with E-state index in [0.717, 1.165) is 45.3 Å². The van der Waals surface area contributed by atoms with E-state index in [1.807, 2.05) is 12.4 Å². The van der Waals surface area contributed by atoms with E-state index in [1.165, 1.54) is 59.2 Å². The fourth-order valence-corrected chi connectivity index (χ4v) is 8.80. The minimum atomic E-state index is 0.506. The summed E-state index contributed by atoms with van der Waals surface area (Å²) >= 11 is 0. The average Bonchev–Trinajstić information content (AvgIpc) is 3.62. The molecule has 2 aliphatic rings. The lowest BCUT2D eigenvalue weighted by Crippen LogP contribution is -2.32. The Morgan fingerprint density at radius 1 is 0.411 bits per heavy atom. The molecule has 2 unspecified atom stereocenters. The molecule has 270 valence electrons. The molecule has 1 aliphatic carbocycles. The summed E-state index contributed by atoms with van der Waals surface area (Å²) in [5.41, 5.74) is 14.2. The summed E-state index contributed by atoms with van der Waals surface area (Å²) in [6.07, 6.45) is 9.12. The first-order chi connectivity index (χ1) is 27.8. The Kier molecular flexibility index (Phi) is 8.93. The topological polar surface area (TPSA) is 32.3 Å². The predicted molar refractivity (Wildman–Crippen MR) is 232 cm³/mol. The van der Waals surface area contributed by atoms with E-state index in [9.17, 15) is 0 Å². The lowest BCUT2D eigenvalue weighted by Gasteiger charge is -2.32. The van der Waals surface area contributed by atoms with Gasteiger partial charge in [0.15, 0.2) is 0 Å². The summed E-state index contributed by atoms with van der Waals surface area (Å²) in [6.45, 7) is 0. The van der Waals surface area contributed by atoms with E-state index in [0.29, 0.717) is 12.0 Å². The average molecular weight is 723 g/mol. The fourth-order valence-electron chi connectivity index (χ4n) is 8.80. The first kappa shape index (κ1) is 33.8. The molecule has 2 atom stereocenters. The maximum Gasteiger partial charge on any atom is 0.137 e. The highest BCUT2D eigenvalue weighted by molar-refractivity contribution is 5.80. The van der Waals surface area contributed by atoms with E-state index in [1.54, 1.807) is 0 Å². The number of benzene rings is 6. The zero-order chi connectivity index (χ0) is 37.3. The van der Waals surface area contributed by atoms with Gasteiger partial charge in [-0.05, 0) is 106 Å². The maximum absolute atomic E-state index is 5.05. The molecule has 1 saturated carbocycles. The number of nitrogens with zero attached hydrogens (tertiary/aromatic N) is 4. The first-order valence-corrected chi connectivity index (χ1v) is 19.8. The van der Waals surface area contributed by atoms with Gasteiger partial charge >= 0.3 is 0 Å². The predicted octanol–water partition coefficient (Wildman–Crippen LogP) is 13.8. The van der Waals surface area contributed by atoms with Crippen molar-refractivity contribution in [1.29, 1.82) is 0 Å². The van der Waals surface area contributed by atoms with Crippen molar-refractivity contribution < 1.29 is 0 Å². The molecule has 0 saturated heterocycles. The molecule has 0 spiro atoms. The Bertz CT molecular complexity index is 2470. The van der Waals surface area contributed by atoms with Gasteiger partial charge in [-0.15, -0.1) is 0 Å². The number of hydrogen-bond acceptors (Lipinski definition) is 4. The highest BCUT2D eigenvalue weighted by atomic mass is 15.2. The molecule has 0 amide bonds. The van der Waals surface area contributed by atoms with Crippen molar-refractivity contribution in [2.45, 2.75) is 37.6 Å². The molecule has 4 nitrogen and oxygen atoms in total. The van der Waals surface area contributed by atoms with E-state index in [4.69, 9.17) is 9.97 Å². The molecule has 3 heterocycles. The van der Waals surface area contributed by atoms with Crippen LogP contribution in [0.15, 0.2) is 194 Å². The van der Waals surface area contributed by atoms with Crippen LogP contribution in [0.2, 0.25) is 0 Å². The molecule has 10 rings (SSSR count). The van der Waals surface area contributed by atoms with Gasteiger partial charge in [0.1, 0.15) is 11.6 Å². The van der Waals surface area contributed by atoms with Gasteiger partial charge in [-0.2, -0.15) is 0 Å². The van der Waals surface area contributed by atoms with Crippen LogP contribution in [0.25, 0.3) is 44.5 Å². The minimum Gasteiger partial charge on any atom is -0.322 e. The van der Waals surface area contributed by atoms with Crippen molar-refractivity contribution in [3.63, 3.8) is 0 Å². The smallest absolute Gasteiger partial charge is 0.137 e. The lowest BCUT2D eigenvalue weighted by atomic mass is 9.82. The Labute approximate surface area is 329 Å². The molecule has 0 radical (unpaired) electrons. The molecule has 1 aliphatic heterocycles. The largest absolute Gasteiger partial charge is 0.322 e. The number of para-hydroxylation sites is 1. The minimum absolute atomic E-state index is 0.506. The number of hydrogen-bond donors (Lipinski definition) is 0. The highest BCUT2D eigenvalue weighted by Gasteiger charge is 2.40. The number of aromatic nitrogens is 2. The zero-order valence-electron chi connectivity index (χ0n) is 31.2. The van der Waals surface area contributed by atoms with Crippen LogP contribution in [0.3, 0.4) is 0 Å². The monoisotopic (exact) mass is 722 g/mol. The van der Waals surface area contributed by atoms with Crippen LogP contribution in [0.4, 0.5) is 28.7 Å². The summed E-state index contributed by atoms with van der Waals surface area (Å²) in [4.78, 5) is 14.8. The molecular formula is C52H42N4. The van der Waals surface area contributed by atoms with Gasteiger partial charge in [0.05, 0.1) is 0 Å². The quantitative estimate of drug-likeness (QED) is 0.156. The summed E-state index contributed by atoms with van der Waals surface area (Å²) in [5.74, 6) is 2.52. The van der Waals surface area contributed by atoms with Crippen LogP contribution in [0.5, 0.6) is 0 Å². The molecule has 0 N–H and O–H groups in total. The van der Waals surface area contributed by atoms with Gasteiger partial charge in [-0.1, -0.05) is 140 Å². The van der Waals surface area contributed by atoms with Gasteiger partial charge in [0.25, 0.3) is 0 Å². The second-order valence-electron chi connectivity index (χ2n) is 14.9. The van der Waals surface area contributed by atoms with Crippen LogP contribution in [-0.2, 0) is 0 Å². The van der Waals surface area contributed by atoms with E-state index < -0.39 is 0 Å². The normalized spacial score (nSPS) is 15.9. The van der Waals surface area contributed by atoms with Gasteiger partial charge in [0.2, 0.25) is 0 Å². The Morgan fingerprint density at radius 2 is 0.875 bits per heavy atom. The molecule has 56 heavy (non-hydrogen) atoms. The first-order valence-electron chi connectivity index (χ1n) is 19.8. The summed E-state index contributed by atoms with van der Waals surface area (Å²) in [5, 5.41) is 0. The molecule has 1 fully saturated rings. The second-order valence-corrected chi connectivity index (χ2v) is 14.9. The second kappa shape index (κ2) is 14.8. The van der Waals surface area contributed by atoms with Gasteiger partial charge in [-0.25, -0.2) is 9.97 Å². The number of pyridine rings is 2. The van der Waals surface area contributed by atoms with Crippen LogP contribution in [0.1, 0.15) is 37.2 Å². The third kappa shape index (κ3) is 6.43. The molecule has 8 aromatic rings. The fraction of sp³-hybridized carbons (Fsp3) is 0.115. The highest BCUT2D eigenvalue weighted by Crippen LogP contribution is 2.50. The zero-order valence-corrected chi connectivity index (χ0v) is 31.2. The van der Waals surface area contributed by atoms with Gasteiger partial charge in [0, 0.05) is 52.5 Å². The third-order valence-corrected chi connectivity index (χ3v) is 11.6. The molecule has 4 heteroatoms. The van der Waals surface area contributed by atoms with Crippen molar-refractivity contribution in [2.24, 2.45) is 0 Å². The maximum atomic E-state index is 5.05. The molecule has 2 aromatic heterocycles. The molecule has 6 aromatic carbocycles. The van der Waals surface area contributed by atoms with Crippen LogP contribution in [0, 0.1) is 0 Å². The molecular weight excluding hydrogens is 681 g/mol. The van der Waals surface area contributed by atoms with Crippen LogP contribution >= 0.6 is 0 Å². The number of rotatable bonds is 8. The summed E-state index contributed by atoms with van der Waals surface area (Å²) < 4.78 is 0. The van der Waals surface area contributed by atoms with Crippen molar-refractivity contribution in [3.05, 3.63) is 200 Å². The van der Waals surface area contributed by atoms with E-state index in [2.05, 4.69) is 192 Å². The van der Waals surface area contributed by atoms with E-state index in [-0.39, 0.29) is 0 Å². The van der Waals surface area contributed by atoms with Gasteiger partial charge < -0.3 is 4.90 Å². The SMILES string of the molecule is c1ccc(-c2ccc(N(c3ccc(-c4ccccc4)cc3)c3ccc(-c4ccc(-c5ccc(N6c7ccccc7C7CCCCC76)nc5)cc4)cn3)cc2)cc1.